The van der Waals surface area contributed by atoms with Gasteiger partial charge in [0.05, 0.1) is 7.11 Å². The molecule has 0 bridgehead atoms. The number of methoxy groups -OCH3 is 1. The van der Waals surface area contributed by atoms with E-state index in [-0.39, 0.29) is 17.9 Å². The molecule has 2 aromatic carbocycles. The van der Waals surface area contributed by atoms with Gasteiger partial charge in [-0.15, -0.1) is 0 Å². The Hall–Kier alpha value is -1.58. The first kappa shape index (κ1) is 15.8. The normalized spacial score (nSPS) is 13.8. The van der Waals surface area contributed by atoms with Crippen LogP contribution < -0.4 is 10.1 Å². The van der Waals surface area contributed by atoms with E-state index in [0.29, 0.717) is 5.02 Å². The van der Waals surface area contributed by atoms with Gasteiger partial charge in [-0.1, -0.05) is 29.8 Å². The Morgan fingerprint density at radius 2 is 1.71 bits per heavy atom. The summed E-state index contributed by atoms with van der Waals surface area (Å²) < 4.78 is 18.2. The van der Waals surface area contributed by atoms with E-state index in [9.17, 15) is 4.39 Å². The molecule has 2 rings (SSSR count). The SMILES string of the molecule is COc1ccc([C@H](C)NC(C)c2ccc(F)cc2Cl)cc1. The van der Waals surface area contributed by atoms with E-state index in [0.717, 1.165) is 16.9 Å². The summed E-state index contributed by atoms with van der Waals surface area (Å²) in [4.78, 5) is 0. The van der Waals surface area contributed by atoms with Crippen molar-refractivity contribution < 1.29 is 9.13 Å². The second kappa shape index (κ2) is 6.92. The second-order valence-electron chi connectivity index (χ2n) is 5.05. The smallest absolute Gasteiger partial charge is 0.124 e. The van der Waals surface area contributed by atoms with E-state index in [1.165, 1.54) is 12.1 Å². The van der Waals surface area contributed by atoms with Crippen LogP contribution in [-0.2, 0) is 0 Å². The fraction of sp³-hybridized carbons (Fsp3) is 0.294. The Morgan fingerprint density at radius 3 is 2.29 bits per heavy atom. The van der Waals surface area contributed by atoms with Crippen molar-refractivity contribution in [3.63, 3.8) is 0 Å². The van der Waals surface area contributed by atoms with Crippen LogP contribution in [-0.4, -0.2) is 7.11 Å². The molecule has 0 fully saturated rings. The third kappa shape index (κ3) is 3.96. The molecule has 0 saturated carbocycles. The Kier molecular flexibility index (Phi) is 5.21. The molecule has 0 saturated heterocycles. The summed E-state index contributed by atoms with van der Waals surface area (Å²) in [5.41, 5.74) is 2.04. The van der Waals surface area contributed by atoms with Crippen molar-refractivity contribution in [2.24, 2.45) is 0 Å². The third-order valence-electron chi connectivity index (χ3n) is 3.54. The van der Waals surface area contributed by atoms with Gasteiger partial charge in [0.1, 0.15) is 11.6 Å². The Balaban J connectivity index is 2.08. The number of rotatable bonds is 5. The van der Waals surface area contributed by atoms with Crippen molar-refractivity contribution >= 4 is 11.6 Å². The second-order valence-corrected chi connectivity index (χ2v) is 5.46. The molecule has 1 unspecified atom stereocenters. The van der Waals surface area contributed by atoms with Crippen LogP contribution >= 0.6 is 11.6 Å². The van der Waals surface area contributed by atoms with Gasteiger partial charge in [-0.05, 0) is 49.2 Å². The maximum atomic E-state index is 13.1. The molecule has 4 heteroatoms. The van der Waals surface area contributed by atoms with Gasteiger partial charge in [0.2, 0.25) is 0 Å². The number of halogens is 2. The van der Waals surface area contributed by atoms with Crippen LogP contribution in [0.1, 0.15) is 37.1 Å². The summed E-state index contributed by atoms with van der Waals surface area (Å²) in [5, 5.41) is 3.90. The molecule has 1 N–H and O–H groups in total. The highest BCUT2D eigenvalue weighted by Crippen LogP contribution is 2.26. The lowest BCUT2D eigenvalue weighted by Gasteiger charge is -2.21. The fourth-order valence-electron chi connectivity index (χ4n) is 2.31. The zero-order valence-corrected chi connectivity index (χ0v) is 13.1. The molecule has 0 amide bonds. The minimum Gasteiger partial charge on any atom is -0.497 e. The molecule has 0 aliphatic carbocycles. The number of ether oxygens (including phenoxy) is 1. The molecule has 0 aliphatic rings. The first-order valence-electron chi connectivity index (χ1n) is 6.86. The molecule has 2 aromatic rings. The van der Waals surface area contributed by atoms with Crippen molar-refractivity contribution in [3.8, 4) is 5.75 Å². The average Bonchev–Trinajstić information content (AvgIpc) is 2.47. The number of nitrogens with one attached hydrogen (secondary N) is 1. The van der Waals surface area contributed by atoms with Crippen LogP contribution in [0.25, 0.3) is 0 Å². The van der Waals surface area contributed by atoms with Crippen LogP contribution in [0, 0.1) is 5.82 Å². The molecular weight excluding hydrogens is 289 g/mol. The average molecular weight is 308 g/mol. The fourth-order valence-corrected chi connectivity index (χ4v) is 2.64. The first-order valence-corrected chi connectivity index (χ1v) is 7.24. The van der Waals surface area contributed by atoms with Gasteiger partial charge in [0.15, 0.2) is 0 Å². The molecule has 0 spiro atoms. The maximum Gasteiger partial charge on any atom is 0.124 e. The zero-order valence-electron chi connectivity index (χ0n) is 12.4. The molecule has 21 heavy (non-hydrogen) atoms. The Bertz CT molecular complexity index is 600. The predicted molar refractivity (Wildman–Crippen MR) is 84.4 cm³/mol. The van der Waals surface area contributed by atoms with Crippen LogP contribution in [0.3, 0.4) is 0 Å². The van der Waals surface area contributed by atoms with Crippen LogP contribution in [0.2, 0.25) is 5.02 Å². The molecule has 0 aliphatic heterocycles. The lowest BCUT2D eigenvalue weighted by molar-refractivity contribution is 0.414. The van der Waals surface area contributed by atoms with E-state index in [1.807, 2.05) is 31.2 Å². The highest BCUT2D eigenvalue weighted by Gasteiger charge is 2.14. The Labute approximate surface area is 129 Å². The highest BCUT2D eigenvalue weighted by molar-refractivity contribution is 6.31. The molecule has 0 radical (unpaired) electrons. The largest absolute Gasteiger partial charge is 0.497 e. The summed E-state index contributed by atoms with van der Waals surface area (Å²) >= 11 is 6.10. The molecule has 2 atom stereocenters. The maximum absolute atomic E-state index is 13.1. The van der Waals surface area contributed by atoms with Crippen molar-refractivity contribution in [2.75, 3.05) is 7.11 Å². The number of hydrogen-bond donors (Lipinski definition) is 1. The zero-order chi connectivity index (χ0) is 15.4. The molecule has 0 aromatic heterocycles. The van der Waals surface area contributed by atoms with Gasteiger partial charge < -0.3 is 10.1 Å². The molecule has 112 valence electrons. The van der Waals surface area contributed by atoms with Crippen LogP contribution in [0.4, 0.5) is 4.39 Å². The van der Waals surface area contributed by atoms with Gasteiger partial charge >= 0.3 is 0 Å². The highest BCUT2D eigenvalue weighted by atomic mass is 35.5. The summed E-state index contributed by atoms with van der Waals surface area (Å²) in [6.45, 7) is 4.09. The van der Waals surface area contributed by atoms with Crippen molar-refractivity contribution in [3.05, 3.63) is 64.4 Å². The number of hydrogen-bond acceptors (Lipinski definition) is 2. The quantitative estimate of drug-likeness (QED) is 0.848. The number of benzene rings is 2. The summed E-state index contributed by atoms with van der Waals surface area (Å²) in [5.74, 6) is 0.514. The minimum atomic E-state index is -0.320. The minimum absolute atomic E-state index is 0.0233. The van der Waals surface area contributed by atoms with Crippen molar-refractivity contribution in [2.45, 2.75) is 25.9 Å². The molecular formula is C17H19ClFNO. The van der Waals surface area contributed by atoms with Gasteiger partial charge in [0.25, 0.3) is 0 Å². The van der Waals surface area contributed by atoms with E-state index in [1.54, 1.807) is 13.2 Å². The van der Waals surface area contributed by atoms with Crippen molar-refractivity contribution in [1.82, 2.24) is 5.32 Å². The van der Waals surface area contributed by atoms with Gasteiger partial charge in [-0.25, -0.2) is 4.39 Å². The monoisotopic (exact) mass is 307 g/mol. The van der Waals surface area contributed by atoms with Gasteiger partial charge in [-0.2, -0.15) is 0 Å². The standard InChI is InChI=1S/C17H19ClFNO/c1-11(13-4-7-15(21-3)8-5-13)20-12(2)16-9-6-14(19)10-17(16)18/h4-12,20H,1-3H3/t11-,12?/m0/s1. The predicted octanol–water partition coefficient (Wildman–Crippen LogP) is 4.90. The topological polar surface area (TPSA) is 21.3 Å². The van der Waals surface area contributed by atoms with E-state index < -0.39 is 0 Å². The summed E-state index contributed by atoms with van der Waals surface area (Å²) in [6, 6.07) is 12.6. The van der Waals surface area contributed by atoms with E-state index in [2.05, 4.69) is 12.2 Å². The molecule has 2 nitrogen and oxygen atoms in total. The van der Waals surface area contributed by atoms with E-state index >= 15 is 0 Å². The van der Waals surface area contributed by atoms with Crippen LogP contribution in [0.5, 0.6) is 5.75 Å². The Morgan fingerprint density at radius 1 is 1.05 bits per heavy atom. The van der Waals surface area contributed by atoms with Gasteiger partial charge in [-0.3, -0.25) is 0 Å². The lowest BCUT2D eigenvalue weighted by atomic mass is 10.0. The van der Waals surface area contributed by atoms with Crippen LogP contribution in [0.15, 0.2) is 42.5 Å². The van der Waals surface area contributed by atoms with E-state index in [4.69, 9.17) is 16.3 Å². The van der Waals surface area contributed by atoms with Crippen molar-refractivity contribution in [1.29, 1.82) is 0 Å². The lowest BCUT2D eigenvalue weighted by Crippen LogP contribution is -2.22. The van der Waals surface area contributed by atoms with Gasteiger partial charge in [0, 0.05) is 17.1 Å². The summed E-state index contributed by atoms with van der Waals surface area (Å²) in [7, 11) is 1.65. The summed E-state index contributed by atoms with van der Waals surface area (Å²) in [6.07, 6.45) is 0. The first-order chi connectivity index (χ1) is 10.0. The third-order valence-corrected chi connectivity index (χ3v) is 3.87. The molecule has 0 heterocycles.